The van der Waals surface area contributed by atoms with Crippen molar-refractivity contribution in [1.29, 1.82) is 0 Å². The lowest BCUT2D eigenvalue weighted by Gasteiger charge is -2.53. The van der Waals surface area contributed by atoms with Crippen LogP contribution in [0, 0.1) is 11.8 Å². The van der Waals surface area contributed by atoms with E-state index < -0.39 is 66.4 Å². The van der Waals surface area contributed by atoms with Gasteiger partial charge in [-0.05, 0) is 24.5 Å². The fourth-order valence-corrected chi connectivity index (χ4v) is 6.26. The van der Waals surface area contributed by atoms with Gasteiger partial charge in [0.2, 0.25) is 0 Å². The first-order valence-corrected chi connectivity index (χ1v) is 16.2. The van der Waals surface area contributed by atoms with Crippen LogP contribution in [0.2, 0.25) is 0 Å². The first-order valence-electron chi connectivity index (χ1n) is 16.2. The van der Waals surface area contributed by atoms with E-state index in [1.807, 2.05) is 67.6 Å². The molecular formula is C36H48O11. The molecule has 0 N–H and O–H groups in total. The first kappa shape index (κ1) is 36.5. The molecule has 0 saturated carbocycles. The molecule has 0 aliphatic carbocycles. The second-order valence-corrected chi connectivity index (χ2v) is 12.4. The van der Waals surface area contributed by atoms with Crippen molar-refractivity contribution in [2.75, 3.05) is 6.61 Å². The summed E-state index contributed by atoms with van der Waals surface area (Å²) in [4.78, 5) is 36.1. The Bertz CT molecular complexity index is 1300. The topological polar surface area (TPSA) is 125 Å². The first-order chi connectivity index (χ1) is 22.4. The maximum Gasteiger partial charge on any atom is 0.303 e. The minimum Gasteiger partial charge on any atom is -0.463 e. The zero-order valence-corrected chi connectivity index (χ0v) is 28.3. The molecule has 2 aromatic rings. The van der Waals surface area contributed by atoms with Gasteiger partial charge < -0.3 is 37.9 Å². The van der Waals surface area contributed by atoms with E-state index in [9.17, 15) is 14.4 Å². The molecule has 0 radical (unpaired) electrons. The highest BCUT2D eigenvalue weighted by Crippen LogP contribution is 2.43. The second-order valence-electron chi connectivity index (χ2n) is 12.4. The monoisotopic (exact) mass is 656 g/mol. The van der Waals surface area contributed by atoms with Gasteiger partial charge in [-0.25, -0.2) is 0 Å². The van der Waals surface area contributed by atoms with E-state index in [2.05, 4.69) is 6.92 Å². The van der Waals surface area contributed by atoms with Crippen LogP contribution in [0.4, 0.5) is 0 Å². The molecule has 2 aliphatic heterocycles. The van der Waals surface area contributed by atoms with Gasteiger partial charge in [0.25, 0.3) is 0 Å². The van der Waals surface area contributed by atoms with E-state index in [1.165, 1.54) is 20.8 Å². The molecule has 0 amide bonds. The van der Waals surface area contributed by atoms with E-state index in [0.717, 1.165) is 11.1 Å². The van der Waals surface area contributed by atoms with Crippen LogP contribution in [0.1, 0.15) is 66.0 Å². The second kappa shape index (κ2) is 16.7. The molecule has 2 aliphatic rings. The third-order valence-corrected chi connectivity index (χ3v) is 8.62. The van der Waals surface area contributed by atoms with E-state index in [-0.39, 0.29) is 25.2 Å². The van der Waals surface area contributed by atoms with Crippen molar-refractivity contribution in [1.82, 2.24) is 0 Å². The fourth-order valence-electron chi connectivity index (χ4n) is 6.26. The van der Waals surface area contributed by atoms with Gasteiger partial charge in [0.05, 0.1) is 25.4 Å². The number of hydrogen-bond acceptors (Lipinski definition) is 11. The van der Waals surface area contributed by atoms with E-state index in [1.54, 1.807) is 13.8 Å². The van der Waals surface area contributed by atoms with Gasteiger partial charge in [-0.15, -0.1) is 0 Å². The normalized spacial score (nSPS) is 32.3. The lowest BCUT2D eigenvalue weighted by molar-refractivity contribution is -0.414. The van der Waals surface area contributed by atoms with Crippen molar-refractivity contribution >= 4 is 17.9 Å². The van der Waals surface area contributed by atoms with Crippen molar-refractivity contribution in [2.45, 2.75) is 117 Å². The van der Waals surface area contributed by atoms with Crippen molar-refractivity contribution < 1.29 is 52.3 Å². The summed E-state index contributed by atoms with van der Waals surface area (Å²) >= 11 is 0. The van der Waals surface area contributed by atoms with Crippen LogP contribution in [0.5, 0.6) is 0 Å². The van der Waals surface area contributed by atoms with Gasteiger partial charge in [-0.2, -0.15) is 0 Å². The van der Waals surface area contributed by atoms with Crippen LogP contribution in [0.3, 0.4) is 0 Å². The van der Waals surface area contributed by atoms with Gasteiger partial charge in [-0.3, -0.25) is 14.4 Å². The van der Waals surface area contributed by atoms with Gasteiger partial charge in [-0.1, -0.05) is 81.4 Å². The molecule has 2 saturated heterocycles. The number of benzene rings is 2. The lowest BCUT2D eigenvalue weighted by atomic mass is 9.85. The summed E-state index contributed by atoms with van der Waals surface area (Å²) in [5.41, 5.74) is 1.98. The standard InChI is InChI=1S/C36H48O11/c1-8-29-22(2)32(41-19-27-15-11-9-12-16-27)34(42-20-28-17-13-10-14-18-28)36(7,46-29)47-35-23(3)31(43-25(5)38)33(44-26(6)39)30(45-35)21-40-24(4)37/h9-18,22-23,29-35H,8,19-21H2,1-7H3/t22-,23?,29?,30?,31?,32-,33+,34?,35+,36+/m0/s1. The Morgan fingerprint density at radius 3 is 1.81 bits per heavy atom. The summed E-state index contributed by atoms with van der Waals surface area (Å²) in [6.07, 6.45) is -4.85. The molecule has 0 aromatic heterocycles. The number of esters is 3. The van der Waals surface area contributed by atoms with Gasteiger partial charge in [0.15, 0.2) is 18.2 Å². The Kier molecular flexibility index (Phi) is 12.9. The Morgan fingerprint density at radius 1 is 0.723 bits per heavy atom. The van der Waals surface area contributed by atoms with Crippen LogP contribution in [-0.2, 0) is 65.5 Å². The van der Waals surface area contributed by atoms with Crippen molar-refractivity contribution in [3.63, 3.8) is 0 Å². The molecular weight excluding hydrogens is 608 g/mol. The van der Waals surface area contributed by atoms with Crippen LogP contribution < -0.4 is 0 Å². The lowest BCUT2D eigenvalue weighted by Crippen LogP contribution is -2.66. The van der Waals surface area contributed by atoms with Gasteiger partial charge in [0, 0.05) is 32.6 Å². The number of rotatable bonds is 13. The average Bonchev–Trinajstić information content (AvgIpc) is 3.03. The highest BCUT2D eigenvalue weighted by atomic mass is 16.8. The van der Waals surface area contributed by atoms with Crippen LogP contribution >= 0.6 is 0 Å². The number of hydrogen-bond donors (Lipinski definition) is 0. The summed E-state index contributed by atoms with van der Waals surface area (Å²) in [5.74, 6) is -3.86. The minimum atomic E-state index is -1.41. The Morgan fingerprint density at radius 2 is 1.28 bits per heavy atom. The molecule has 0 bridgehead atoms. The van der Waals surface area contributed by atoms with Crippen LogP contribution in [0.15, 0.2) is 60.7 Å². The Balaban J connectivity index is 1.69. The van der Waals surface area contributed by atoms with E-state index >= 15 is 0 Å². The zero-order chi connectivity index (χ0) is 34.1. The van der Waals surface area contributed by atoms with Crippen LogP contribution in [-0.4, -0.2) is 73.2 Å². The van der Waals surface area contributed by atoms with Crippen molar-refractivity contribution in [3.05, 3.63) is 71.8 Å². The molecule has 258 valence electrons. The summed E-state index contributed by atoms with van der Waals surface area (Å²) in [5, 5.41) is 0. The van der Waals surface area contributed by atoms with E-state index in [0.29, 0.717) is 13.0 Å². The third-order valence-electron chi connectivity index (χ3n) is 8.62. The molecule has 10 atom stereocenters. The molecule has 2 fully saturated rings. The van der Waals surface area contributed by atoms with Gasteiger partial charge >= 0.3 is 17.9 Å². The smallest absolute Gasteiger partial charge is 0.303 e. The largest absolute Gasteiger partial charge is 0.463 e. The molecule has 11 heteroatoms. The summed E-state index contributed by atoms with van der Waals surface area (Å²) in [6.45, 7) is 11.8. The van der Waals surface area contributed by atoms with Crippen molar-refractivity contribution in [3.8, 4) is 0 Å². The molecule has 4 rings (SSSR count). The predicted molar refractivity (Wildman–Crippen MR) is 169 cm³/mol. The zero-order valence-electron chi connectivity index (χ0n) is 28.3. The summed E-state index contributed by atoms with van der Waals surface area (Å²) < 4.78 is 49.7. The number of ether oxygens (including phenoxy) is 8. The SMILES string of the molecule is CCC1O[C@](C)(O[C@H]2OC(COC(C)=O)[C@@H](OC(C)=O)C(OC(C)=O)C2C)C(OCc2ccccc2)[C@@H](OCc2ccccc2)[C@H]1C. The minimum absolute atomic E-state index is 0.0651. The maximum absolute atomic E-state index is 12.3. The molecule has 5 unspecified atom stereocenters. The highest BCUT2D eigenvalue weighted by Gasteiger charge is 2.57. The third kappa shape index (κ3) is 9.61. The average molecular weight is 657 g/mol. The number of carbonyl (C=O) groups excluding carboxylic acids is 3. The molecule has 0 spiro atoms. The fraction of sp³-hybridized carbons (Fsp3) is 0.583. The highest BCUT2D eigenvalue weighted by molar-refractivity contribution is 5.67. The van der Waals surface area contributed by atoms with Gasteiger partial charge in [0.1, 0.15) is 24.9 Å². The Hall–Kier alpha value is -3.35. The molecule has 47 heavy (non-hydrogen) atoms. The van der Waals surface area contributed by atoms with Crippen LogP contribution in [0.25, 0.3) is 0 Å². The molecule has 11 nitrogen and oxygen atoms in total. The quantitative estimate of drug-likeness (QED) is 0.211. The molecule has 2 aromatic carbocycles. The summed E-state index contributed by atoms with van der Waals surface area (Å²) in [6, 6.07) is 19.7. The summed E-state index contributed by atoms with van der Waals surface area (Å²) in [7, 11) is 0. The van der Waals surface area contributed by atoms with E-state index in [4.69, 9.17) is 37.9 Å². The van der Waals surface area contributed by atoms with Crippen molar-refractivity contribution in [2.24, 2.45) is 11.8 Å². The molecule has 2 heterocycles. The Labute approximate surface area is 277 Å². The number of carbonyl (C=O) groups is 3. The maximum atomic E-state index is 12.3. The predicted octanol–water partition coefficient (Wildman–Crippen LogP) is 5.12.